The van der Waals surface area contributed by atoms with Gasteiger partial charge in [-0.15, -0.1) is 0 Å². The van der Waals surface area contributed by atoms with E-state index in [9.17, 15) is 9.18 Å². The second kappa shape index (κ2) is 5.97. The standard InChI is InChI=1S/C15H12BrFO2/c1-10-4-2-7-14(15(10)17)19-9-13(18)11-5-3-6-12(16)8-11/h2-8H,9H2,1H3. The molecule has 2 aromatic carbocycles. The molecule has 2 aromatic rings. The molecule has 0 aromatic heterocycles. The maximum absolute atomic E-state index is 13.7. The molecule has 0 aliphatic carbocycles. The summed E-state index contributed by atoms with van der Waals surface area (Å²) in [6.07, 6.45) is 0. The van der Waals surface area contributed by atoms with Gasteiger partial charge in [0, 0.05) is 10.0 Å². The molecule has 19 heavy (non-hydrogen) atoms. The maximum Gasteiger partial charge on any atom is 0.200 e. The zero-order valence-corrected chi connectivity index (χ0v) is 11.9. The predicted octanol–water partition coefficient (Wildman–Crippen LogP) is 4.16. The molecule has 0 fully saturated rings. The van der Waals surface area contributed by atoms with Gasteiger partial charge in [0.2, 0.25) is 0 Å². The first-order valence-corrected chi connectivity index (χ1v) is 6.54. The first kappa shape index (κ1) is 13.7. The van der Waals surface area contributed by atoms with E-state index in [-0.39, 0.29) is 18.1 Å². The van der Waals surface area contributed by atoms with Crippen molar-refractivity contribution in [2.24, 2.45) is 0 Å². The number of ether oxygens (including phenoxy) is 1. The minimum atomic E-state index is -0.426. The molecule has 4 heteroatoms. The van der Waals surface area contributed by atoms with Crippen molar-refractivity contribution >= 4 is 21.7 Å². The van der Waals surface area contributed by atoms with E-state index in [1.54, 1.807) is 37.3 Å². The third-order valence-electron chi connectivity index (χ3n) is 2.66. The summed E-state index contributed by atoms with van der Waals surface area (Å²) in [5.74, 6) is -0.518. The lowest BCUT2D eigenvalue weighted by molar-refractivity contribution is 0.0918. The summed E-state index contributed by atoms with van der Waals surface area (Å²) in [6.45, 7) is 1.47. The molecule has 0 amide bonds. The van der Waals surface area contributed by atoms with Crippen molar-refractivity contribution in [2.45, 2.75) is 6.92 Å². The van der Waals surface area contributed by atoms with Gasteiger partial charge in [-0.3, -0.25) is 4.79 Å². The molecule has 0 radical (unpaired) electrons. The van der Waals surface area contributed by atoms with Gasteiger partial charge >= 0.3 is 0 Å². The van der Waals surface area contributed by atoms with Crippen LogP contribution in [0.1, 0.15) is 15.9 Å². The topological polar surface area (TPSA) is 26.3 Å². The Hall–Kier alpha value is -1.68. The van der Waals surface area contributed by atoms with Crippen LogP contribution in [0, 0.1) is 12.7 Å². The molecule has 0 spiro atoms. The first-order valence-electron chi connectivity index (χ1n) is 5.74. The molecule has 0 unspecified atom stereocenters. The van der Waals surface area contributed by atoms with Gasteiger partial charge in [-0.05, 0) is 30.7 Å². The maximum atomic E-state index is 13.7. The van der Waals surface area contributed by atoms with E-state index in [2.05, 4.69) is 15.9 Å². The Labute approximate surface area is 119 Å². The first-order chi connectivity index (χ1) is 9.08. The Bertz CT molecular complexity index is 611. The highest BCUT2D eigenvalue weighted by Gasteiger charge is 2.10. The van der Waals surface area contributed by atoms with Crippen molar-refractivity contribution in [1.82, 2.24) is 0 Å². The van der Waals surface area contributed by atoms with Crippen molar-refractivity contribution in [3.05, 3.63) is 63.9 Å². The van der Waals surface area contributed by atoms with E-state index in [0.29, 0.717) is 11.1 Å². The number of hydrogen-bond acceptors (Lipinski definition) is 2. The quantitative estimate of drug-likeness (QED) is 0.790. The van der Waals surface area contributed by atoms with E-state index in [0.717, 1.165) is 4.47 Å². The lowest BCUT2D eigenvalue weighted by Crippen LogP contribution is -2.12. The fourth-order valence-electron chi connectivity index (χ4n) is 1.62. The predicted molar refractivity (Wildman–Crippen MR) is 75.1 cm³/mol. The van der Waals surface area contributed by atoms with Crippen LogP contribution in [-0.2, 0) is 0 Å². The highest BCUT2D eigenvalue weighted by atomic mass is 79.9. The number of halogens is 2. The smallest absolute Gasteiger partial charge is 0.200 e. The van der Waals surface area contributed by atoms with Gasteiger partial charge in [-0.2, -0.15) is 0 Å². The molecular formula is C15H12BrFO2. The van der Waals surface area contributed by atoms with Crippen LogP contribution in [0.15, 0.2) is 46.9 Å². The Morgan fingerprint density at radius 2 is 2.00 bits per heavy atom. The van der Waals surface area contributed by atoms with E-state index in [4.69, 9.17) is 4.74 Å². The molecule has 0 heterocycles. The van der Waals surface area contributed by atoms with Crippen LogP contribution in [0.3, 0.4) is 0 Å². The number of carbonyl (C=O) groups excluding carboxylic acids is 1. The highest BCUT2D eigenvalue weighted by Crippen LogP contribution is 2.20. The fourth-order valence-corrected chi connectivity index (χ4v) is 2.02. The third-order valence-corrected chi connectivity index (χ3v) is 3.15. The molecule has 98 valence electrons. The average molecular weight is 323 g/mol. The summed E-state index contributed by atoms with van der Waals surface area (Å²) in [7, 11) is 0. The minimum Gasteiger partial charge on any atom is -0.482 e. The average Bonchev–Trinajstić information content (AvgIpc) is 2.40. The van der Waals surface area contributed by atoms with E-state index in [1.165, 1.54) is 6.07 Å². The lowest BCUT2D eigenvalue weighted by atomic mass is 10.1. The van der Waals surface area contributed by atoms with Crippen LogP contribution in [0.4, 0.5) is 4.39 Å². The minimum absolute atomic E-state index is 0.100. The summed E-state index contributed by atoms with van der Waals surface area (Å²) >= 11 is 3.29. The molecule has 0 saturated carbocycles. The normalized spacial score (nSPS) is 10.3. The Morgan fingerprint density at radius 3 is 2.74 bits per heavy atom. The molecule has 0 aliphatic rings. The molecule has 0 N–H and O–H groups in total. The largest absolute Gasteiger partial charge is 0.482 e. The fraction of sp³-hybridized carbons (Fsp3) is 0.133. The van der Waals surface area contributed by atoms with Gasteiger partial charge in [0.25, 0.3) is 0 Å². The monoisotopic (exact) mass is 322 g/mol. The van der Waals surface area contributed by atoms with Gasteiger partial charge in [-0.1, -0.05) is 40.2 Å². The van der Waals surface area contributed by atoms with Gasteiger partial charge in [-0.25, -0.2) is 4.39 Å². The number of ketones is 1. The molecule has 0 bridgehead atoms. The Kier molecular flexibility index (Phi) is 4.32. The molecular weight excluding hydrogens is 311 g/mol. The number of Topliss-reactive ketones (excluding diaryl/α,β-unsaturated/α-hetero) is 1. The van der Waals surface area contributed by atoms with Crippen LogP contribution in [0.5, 0.6) is 5.75 Å². The van der Waals surface area contributed by atoms with Gasteiger partial charge in [0.15, 0.2) is 24.0 Å². The van der Waals surface area contributed by atoms with Crippen LogP contribution in [0.2, 0.25) is 0 Å². The van der Waals surface area contributed by atoms with Crippen LogP contribution in [-0.4, -0.2) is 12.4 Å². The second-order valence-corrected chi connectivity index (χ2v) is 5.02. The molecule has 2 nitrogen and oxygen atoms in total. The number of hydrogen-bond donors (Lipinski definition) is 0. The molecule has 0 aliphatic heterocycles. The van der Waals surface area contributed by atoms with Crippen LogP contribution < -0.4 is 4.74 Å². The summed E-state index contributed by atoms with van der Waals surface area (Å²) < 4.78 is 19.7. The number of benzene rings is 2. The zero-order chi connectivity index (χ0) is 13.8. The SMILES string of the molecule is Cc1cccc(OCC(=O)c2cccc(Br)c2)c1F. The Balaban J connectivity index is 2.07. The van der Waals surface area contributed by atoms with Gasteiger partial charge < -0.3 is 4.74 Å². The highest BCUT2D eigenvalue weighted by molar-refractivity contribution is 9.10. The van der Waals surface area contributed by atoms with Crippen molar-refractivity contribution < 1.29 is 13.9 Å². The molecule has 0 saturated heterocycles. The van der Waals surface area contributed by atoms with Crippen LogP contribution in [0.25, 0.3) is 0 Å². The summed E-state index contributed by atoms with van der Waals surface area (Å²) in [5.41, 5.74) is 1.02. The van der Waals surface area contributed by atoms with Crippen LogP contribution >= 0.6 is 15.9 Å². The Morgan fingerprint density at radius 1 is 1.26 bits per heavy atom. The van der Waals surface area contributed by atoms with Crippen molar-refractivity contribution in [1.29, 1.82) is 0 Å². The molecule has 0 atom stereocenters. The van der Waals surface area contributed by atoms with E-state index >= 15 is 0 Å². The number of carbonyl (C=O) groups is 1. The third kappa shape index (κ3) is 3.41. The van der Waals surface area contributed by atoms with Gasteiger partial charge in [0.1, 0.15) is 0 Å². The van der Waals surface area contributed by atoms with Crippen molar-refractivity contribution in [3.8, 4) is 5.75 Å². The van der Waals surface area contributed by atoms with E-state index in [1.807, 2.05) is 6.07 Å². The second-order valence-electron chi connectivity index (χ2n) is 4.11. The number of aryl methyl sites for hydroxylation is 1. The summed E-state index contributed by atoms with van der Waals surface area (Å²) in [6, 6.07) is 11.9. The van der Waals surface area contributed by atoms with Crippen molar-refractivity contribution in [3.63, 3.8) is 0 Å². The number of rotatable bonds is 4. The summed E-state index contributed by atoms with van der Waals surface area (Å²) in [5, 5.41) is 0. The van der Waals surface area contributed by atoms with Crippen molar-refractivity contribution in [2.75, 3.05) is 6.61 Å². The van der Waals surface area contributed by atoms with E-state index < -0.39 is 5.82 Å². The molecule has 2 rings (SSSR count). The zero-order valence-electron chi connectivity index (χ0n) is 10.3. The lowest BCUT2D eigenvalue weighted by Gasteiger charge is -2.08. The van der Waals surface area contributed by atoms with Gasteiger partial charge in [0.05, 0.1) is 0 Å². The summed E-state index contributed by atoms with van der Waals surface area (Å²) in [4.78, 5) is 11.9.